The zero-order chi connectivity index (χ0) is 16.9. The van der Waals surface area contributed by atoms with Crippen LogP contribution in [0.1, 0.15) is 23.1 Å². The van der Waals surface area contributed by atoms with E-state index in [1.54, 1.807) is 11.1 Å². The Morgan fingerprint density at radius 1 is 0.840 bits per heavy atom. The minimum atomic E-state index is 0.747. The number of hydrogen-bond acceptors (Lipinski definition) is 2. The summed E-state index contributed by atoms with van der Waals surface area (Å²) < 4.78 is 0. The Morgan fingerprint density at radius 2 is 1.56 bits per heavy atom. The molecule has 25 heavy (non-hydrogen) atoms. The monoisotopic (exact) mass is 332 g/mol. The highest BCUT2D eigenvalue weighted by atomic mass is 15.3. The van der Waals surface area contributed by atoms with Crippen LogP contribution in [-0.2, 0) is 12.8 Å². The lowest BCUT2D eigenvalue weighted by atomic mass is 9.87. The molecule has 4 rings (SSSR count). The highest BCUT2D eigenvalue weighted by molar-refractivity contribution is 5.48. The molecule has 1 saturated heterocycles. The molecule has 2 aliphatic rings. The Morgan fingerprint density at radius 3 is 2.36 bits per heavy atom. The van der Waals surface area contributed by atoms with Gasteiger partial charge in [0.15, 0.2) is 0 Å². The smallest absolute Gasteiger partial charge is 0.0167 e. The number of fused-ring (bicyclic) bond motifs is 1. The molecule has 2 heteroatoms. The molecule has 0 N–H and O–H groups in total. The van der Waals surface area contributed by atoms with Crippen LogP contribution in [-0.4, -0.2) is 48.6 Å². The number of rotatable bonds is 4. The molecule has 2 aromatic carbocycles. The first-order chi connectivity index (χ1) is 12.4. The average molecular weight is 332 g/mol. The van der Waals surface area contributed by atoms with Crippen LogP contribution in [0, 0.1) is 0 Å². The molecule has 0 bridgehead atoms. The van der Waals surface area contributed by atoms with E-state index in [2.05, 4.69) is 76.5 Å². The first kappa shape index (κ1) is 16.6. The van der Waals surface area contributed by atoms with Crippen molar-refractivity contribution >= 4 is 6.08 Å². The van der Waals surface area contributed by atoms with Crippen molar-refractivity contribution in [3.8, 4) is 0 Å². The quantitative estimate of drug-likeness (QED) is 0.838. The Kier molecular flexibility index (Phi) is 5.29. The summed E-state index contributed by atoms with van der Waals surface area (Å²) >= 11 is 0. The van der Waals surface area contributed by atoms with Crippen LogP contribution in [0.2, 0.25) is 0 Å². The van der Waals surface area contributed by atoms with Crippen LogP contribution in [0.4, 0.5) is 0 Å². The van der Waals surface area contributed by atoms with E-state index in [1.807, 2.05) is 0 Å². The fourth-order valence-corrected chi connectivity index (χ4v) is 4.20. The second-order valence-corrected chi connectivity index (χ2v) is 7.31. The van der Waals surface area contributed by atoms with E-state index in [0.717, 1.165) is 12.6 Å². The Labute approximate surface area is 151 Å². The lowest BCUT2D eigenvalue weighted by Crippen LogP contribution is -2.51. The van der Waals surface area contributed by atoms with Gasteiger partial charge in [0.05, 0.1) is 0 Å². The maximum absolute atomic E-state index is 2.73. The summed E-state index contributed by atoms with van der Waals surface area (Å²) in [6.07, 6.45) is 8.36. The summed E-state index contributed by atoms with van der Waals surface area (Å²) in [6.45, 7) is 5.88. The van der Waals surface area contributed by atoms with Gasteiger partial charge < -0.3 is 0 Å². The summed E-state index contributed by atoms with van der Waals surface area (Å²) in [5.41, 5.74) is 4.44. The van der Waals surface area contributed by atoms with Gasteiger partial charge in [-0.2, -0.15) is 0 Å². The molecule has 2 aromatic rings. The van der Waals surface area contributed by atoms with Gasteiger partial charge in [0.1, 0.15) is 0 Å². The van der Waals surface area contributed by atoms with Crippen LogP contribution in [0.3, 0.4) is 0 Å². The van der Waals surface area contributed by atoms with E-state index in [9.17, 15) is 0 Å². The van der Waals surface area contributed by atoms with Crippen molar-refractivity contribution in [1.82, 2.24) is 9.80 Å². The normalized spacial score (nSPS) is 22.2. The molecule has 2 nitrogen and oxygen atoms in total. The molecule has 1 aliphatic heterocycles. The van der Waals surface area contributed by atoms with Gasteiger partial charge in [-0.3, -0.25) is 9.80 Å². The second-order valence-electron chi connectivity index (χ2n) is 7.31. The van der Waals surface area contributed by atoms with Crippen LogP contribution in [0.15, 0.2) is 60.7 Å². The molecule has 1 atom stereocenters. The second kappa shape index (κ2) is 7.99. The standard InChI is InChI=1S/C23H28N2/c1-2-7-20(8-3-1)9-6-14-24-15-17-25(18-16-24)23-13-12-21-10-4-5-11-22(21)19-23/h1-11,23H,12-19H2. The van der Waals surface area contributed by atoms with E-state index in [1.165, 1.54) is 51.0 Å². The van der Waals surface area contributed by atoms with Gasteiger partial charge in [0.25, 0.3) is 0 Å². The molecule has 130 valence electrons. The fraction of sp³-hybridized carbons (Fsp3) is 0.391. The van der Waals surface area contributed by atoms with Crippen molar-refractivity contribution in [3.63, 3.8) is 0 Å². The largest absolute Gasteiger partial charge is 0.298 e. The van der Waals surface area contributed by atoms with Crippen LogP contribution < -0.4 is 0 Å². The van der Waals surface area contributed by atoms with E-state index >= 15 is 0 Å². The fourth-order valence-electron chi connectivity index (χ4n) is 4.20. The molecule has 1 unspecified atom stereocenters. The van der Waals surface area contributed by atoms with Crippen LogP contribution >= 0.6 is 0 Å². The zero-order valence-electron chi connectivity index (χ0n) is 15.0. The number of nitrogens with zero attached hydrogens (tertiary/aromatic N) is 2. The van der Waals surface area contributed by atoms with E-state index in [4.69, 9.17) is 0 Å². The Balaban J connectivity index is 1.26. The lowest BCUT2D eigenvalue weighted by molar-refractivity contribution is 0.0961. The van der Waals surface area contributed by atoms with Crippen molar-refractivity contribution in [3.05, 3.63) is 77.4 Å². The first-order valence-corrected chi connectivity index (χ1v) is 9.63. The first-order valence-electron chi connectivity index (χ1n) is 9.63. The lowest BCUT2D eigenvalue weighted by Gasteiger charge is -2.41. The topological polar surface area (TPSA) is 6.48 Å². The summed E-state index contributed by atoms with van der Waals surface area (Å²) in [4.78, 5) is 5.31. The Hall–Kier alpha value is -1.90. The number of aryl methyl sites for hydroxylation is 1. The maximum atomic E-state index is 2.73. The summed E-state index contributed by atoms with van der Waals surface area (Å²) in [5, 5.41) is 0. The molecule has 0 aromatic heterocycles. The van der Waals surface area contributed by atoms with E-state index < -0.39 is 0 Å². The highest BCUT2D eigenvalue weighted by Gasteiger charge is 2.26. The van der Waals surface area contributed by atoms with Crippen molar-refractivity contribution in [2.75, 3.05) is 32.7 Å². The molecular formula is C23H28N2. The molecular weight excluding hydrogens is 304 g/mol. The zero-order valence-corrected chi connectivity index (χ0v) is 15.0. The molecule has 0 amide bonds. The highest BCUT2D eigenvalue weighted by Crippen LogP contribution is 2.25. The number of piperazine rings is 1. The maximum Gasteiger partial charge on any atom is 0.0167 e. The molecule has 1 fully saturated rings. The third-order valence-corrected chi connectivity index (χ3v) is 5.72. The van der Waals surface area contributed by atoms with E-state index in [0.29, 0.717) is 0 Å². The average Bonchev–Trinajstić information content (AvgIpc) is 2.69. The number of benzene rings is 2. The molecule has 0 radical (unpaired) electrons. The van der Waals surface area contributed by atoms with Gasteiger partial charge in [-0.25, -0.2) is 0 Å². The van der Waals surface area contributed by atoms with Crippen molar-refractivity contribution in [2.24, 2.45) is 0 Å². The van der Waals surface area contributed by atoms with Crippen molar-refractivity contribution in [1.29, 1.82) is 0 Å². The van der Waals surface area contributed by atoms with Gasteiger partial charge in [-0.1, -0.05) is 66.7 Å². The minimum absolute atomic E-state index is 0.747. The van der Waals surface area contributed by atoms with Gasteiger partial charge >= 0.3 is 0 Å². The Bertz CT molecular complexity index is 699. The molecule has 1 heterocycles. The van der Waals surface area contributed by atoms with Gasteiger partial charge in [0.2, 0.25) is 0 Å². The van der Waals surface area contributed by atoms with Gasteiger partial charge in [-0.15, -0.1) is 0 Å². The van der Waals surface area contributed by atoms with Crippen molar-refractivity contribution in [2.45, 2.75) is 25.3 Å². The SMILES string of the molecule is C(=Cc1ccccc1)CN1CCN(C2CCc3ccccc3C2)CC1. The van der Waals surface area contributed by atoms with Crippen LogP contribution in [0.5, 0.6) is 0 Å². The third-order valence-electron chi connectivity index (χ3n) is 5.72. The van der Waals surface area contributed by atoms with Crippen LogP contribution in [0.25, 0.3) is 6.08 Å². The van der Waals surface area contributed by atoms with Crippen molar-refractivity contribution < 1.29 is 0 Å². The van der Waals surface area contributed by atoms with Gasteiger partial charge in [-0.05, 0) is 36.0 Å². The predicted molar refractivity (Wildman–Crippen MR) is 106 cm³/mol. The summed E-state index contributed by atoms with van der Waals surface area (Å²) in [6, 6.07) is 20.3. The molecule has 0 saturated carbocycles. The van der Waals surface area contributed by atoms with Gasteiger partial charge in [0, 0.05) is 38.8 Å². The summed E-state index contributed by atoms with van der Waals surface area (Å²) in [5.74, 6) is 0. The third kappa shape index (κ3) is 4.20. The predicted octanol–water partition coefficient (Wildman–Crippen LogP) is 3.87. The van der Waals surface area contributed by atoms with E-state index in [-0.39, 0.29) is 0 Å². The minimum Gasteiger partial charge on any atom is -0.298 e. The summed E-state index contributed by atoms with van der Waals surface area (Å²) in [7, 11) is 0. The molecule has 0 spiro atoms. The molecule has 1 aliphatic carbocycles. The number of hydrogen-bond donors (Lipinski definition) is 0.